The van der Waals surface area contributed by atoms with Gasteiger partial charge in [0.2, 0.25) is 5.90 Å². The second-order valence-electron chi connectivity index (χ2n) is 8.04. The Morgan fingerprint density at radius 1 is 1.36 bits per heavy atom. The molecule has 0 saturated carbocycles. The number of piperazine rings is 1. The molecule has 0 bridgehead atoms. The number of carbonyl (C=O) groups is 2. The van der Waals surface area contributed by atoms with Crippen LogP contribution in [0, 0.1) is 5.41 Å². The highest BCUT2D eigenvalue weighted by Gasteiger charge is 2.52. The number of hydrogen-bond donors (Lipinski definition) is 1. The summed E-state index contributed by atoms with van der Waals surface area (Å²) in [6.07, 6.45) is 1.09. The standard InChI is InChI=1S/C17H27N3O5/c1-17(2,3)13-11-6-5-7-19(11)8-12(20(13)16(22)23)14-18-10(9-25-14)15(21)24-4/h10-13H,5-9H2,1-4H3,(H,22,23)/t10?,11-,12+,13?/m1/s1. The van der Waals surface area contributed by atoms with Gasteiger partial charge in [-0.05, 0) is 24.8 Å². The first-order chi connectivity index (χ1) is 11.7. The van der Waals surface area contributed by atoms with E-state index in [2.05, 4.69) is 30.7 Å². The van der Waals surface area contributed by atoms with E-state index in [9.17, 15) is 14.7 Å². The number of rotatable bonds is 2. The molecule has 3 aliphatic rings. The molecule has 8 heteroatoms. The van der Waals surface area contributed by atoms with Gasteiger partial charge in [0.15, 0.2) is 6.04 Å². The minimum absolute atomic E-state index is 0.107. The van der Waals surface area contributed by atoms with E-state index in [-0.39, 0.29) is 24.1 Å². The van der Waals surface area contributed by atoms with E-state index in [4.69, 9.17) is 9.47 Å². The molecule has 3 rings (SSSR count). The molecule has 4 atom stereocenters. The Kier molecular flexibility index (Phi) is 4.66. The molecule has 2 unspecified atom stereocenters. The first-order valence-electron chi connectivity index (χ1n) is 8.77. The highest BCUT2D eigenvalue weighted by atomic mass is 16.5. The molecule has 3 aliphatic heterocycles. The molecule has 1 N–H and O–H groups in total. The van der Waals surface area contributed by atoms with Gasteiger partial charge >= 0.3 is 12.1 Å². The third-order valence-electron chi connectivity index (χ3n) is 5.36. The zero-order valence-electron chi connectivity index (χ0n) is 15.3. The van der Waals surface area contributed by atoms with Crippen LogP contribution in [0.3, 0.4) is 0 Å². The van der Waals surface area contributed by atoms with Crippen molar-refractivity contribution < 1.29 is 24.2 Å². The molecule has 0 aromatic rings. The summed E-state index contributed by atoms with van der Waals surface area (Å²) in [5.74, 6) is -0.128. The third-order valence-corrected chi connectivity index (χ3v) is 5.36. The van der Waals surface area contributed by atoms with Gasteiger partial charge in [-0.2, -0.15) is 0 Å². The Bertz CT molecular complexity index is 585. The average molecular weight is 353 g/mol. The Morgan fingerprint density at radius 3 is 2.68 bits per heavy atom. The molecule has 0 radical (unpaired) electrons. The van der Waals surface area contributed by atoms with E-state index in [1.54, 1.807) is 0 Å². The molecule has 0 aromatic carbocycles. The number of fused-ring (bicyclic) bond motifs is 1. The van der Waals surface area contributed by atoms with Crippen molar-refractivity contribution in [3.63, 3.8) is 0 Å². The zero-order chi connectivity index (χ0) is 18.4. The van der Waals surface area contributed by atoms with Crippen LogP contribution in [0.15, 0.2) is 4.99 Å². The quantitative estimate of drug-likeness (QED) is 0.750. The summed E-state index contributed by atoms with van der Waals surface area (Å²) < 4.78 is 10.4. The lowest BCUT2D eigenvalue weighted by Gasteiger charge is -2.52. The Labute approximate surface area is 147 Å². The van der Waals surface area contributed by atoms with Gasteiger partial charge in [0, 0.05) is 12.6 Å². The maximum atomic E-state index is 12.1. The first-order valence-corrected chi connectivity index (χ1v) is 8.77. The Morgan fingerprint density at radius 2 is 2.08 bits per heavy atom. The molecule has 3 heterocycles. The number of hydrogen-bond acceptors (Lipinski definition) is 6. The summed E-state index contributed by atoms with van der Waals surface area (Å²) >= 11 is 0. The molecule has 1 amide bonds. The fourth-order valence-corrected chi connectivity index (χ4v) is 4.40. The predicted molar refractivity (Wildman–Crippen MR) is 90.7 cm³/mol. The molecular weight excluding hydrogens is 326 g/mol. The molecule has 8 nitrogen and oxygen atoms in total. The highest BCUT2D eigenvalue weighted by molar-refractivity contribution is 5.91. The van der Waals surface area contributed by atoms with Crippen LogP contribution in [-0.2, 0) is 14.3 Å². The van der Waals surface area contributed by atoms with Crippen molar-refractivity contribution >= 4 is 18.0 Å². The topological polar surface area (TPSA) is 91.7 Å². The normalized spacial score (nSPS) is 32.8. The summed E-state index contributed by atoms with van der Waals surface area (Å²) in [6, 6.07) is -1.15. The molecule has 2 saturated heterocycles. The lowest BCUT2D eigenvalue weighted by atomic mass is 9.78. The van der Waals surface area contributed by atoms with Crippen LogP contribution >= 0.6 is 0 Å². The van der Waals surface area contributed by atoms with E-state index in [0.717, 1.165) is 19.4 Å². The minimum Gasteiger partial charge on any atom is -0.477 e. The number of carbonyl (C=O) groups excluding carboxylic acids is 1. The van der Waals surface area contributed by atoms with E-state index >= 15 is 0 Å². The first kappa shape index (κ1) is 18.0. The van der Waals surface area contributed by atoms with Crippen LogP contribution in [0.25, 0.3) is 0 Å². The van der Waals surface area contributed by atoms with Gasteiger partial charge in [0.1, 0.15) is 12.6 Å². The van der Waals surface area contributed by atoms with E-state index in [1.807, 2.05) is 0 Å². The van der Waals surface area contributed by atoms with Crippen LogP contribution in [0.2, 0.25) is 0 Å². The maximum Gasteiger partial charge on any atom is 0.408 e. The predicted octanol–water partition coefficient (Wildman–Crippen LogP) is 1.20. The number of methoxy groups -OCH3 is 1. The molecule has 140 valence electrons. The smallest absolute Gasteiger partial charge is 0.408 e. The van der Waals surface area contributed by atoms with Crippen molar-refractivity contribution in [3.8, 4) is 0 Å². The van der Waals surface area contributed by atoms with Gasteiger partial charge in [-0.1, -0.05) is 20.8 Å². The van der Waals surface area contributed by atoms with Crippen molar-refractivity contribution in [2.24, 2.45) is 10.4 Å². The fraction of sp³-hybridized carbons (Fsp3) is 0.824. The Hall–Kier alpha value is -1.83. The van der Waals surface area contributed by atoms with Crippen molar-refractivity contribution in [3.05, 3.63) is 0 Å². The number of esters is 1. The molecule has 0 spiro atoms. The number of aliphatic imine (C=N–C) groups is 1. The lowest BCUT2D eigenvalue weighted by Crippen LogP contribution is -2.68. The van der Waals surface area contributed by atoms with Gasteiger partial charge in [0.25, 0.3) is 0 Å². The number of carboxylic acid groups (broad SMARTS) is 1. The molecule has 2 fully saturated rings. The average Bonchev–Trinajstić information content (AvgIpc) is 3.19. The zero-order valence-corrected chi connectivity index (χ0v) is 15.3. The SMILES string of the molecule is COC(=O)C1COC([C@@H]2CN3CCC[C@@H]3C(C(C)(C)C)N2C(=O)O)=N1. The van der Waals surface area contributed by atoms with Crippen LogP contribution in [0.1, 0.15) is 33.6 Å². The summed E-state index contributed by atoms with van der Waals surface area (Å²) in [7, 11) is 1.31. The highest BCUT2D eigenvalue weighted by Crippen LogP contribution is 2.39. The van der Waals surface area contributed by atoms with Crippen LogP contribution in [0.5, 0.6) is 0 Å². The lowest BCUT2D eigenvalue weighted by molar-refractivity contribution is -0.142. The number of amides is 1. The largest absolute Gasteiger partial charge is 0.477 e. The van der Waals surface area contributed by atoms with Crippen LogP contribution in [-0.4, -0.2) is 83.8 Å². The molecule has 25 heavy (non-hydrogen) atoms. The summed E-state index contributed by atoms with van der Waals surface area (Å²) in [6.45, 7) is 7.82. The van der Waals surface area contributed by atoms with Crippen molar-refractivity contribution in [1.82, 2.24) is 9.80 Å². The van der Waals surface area contributed by atoms with Crippen molar-refractivity contribution in [2.45, 2.75) is 57.8 Å². The summed E-state index contributed by atoms with van der Waals surface area (Å²) in [5.41, 5.74) is -0.217. The van der Waals surface area contributed by atoms with Gasteiger partial charge in [-0.25, -0.2) is 14.6 Å². The van der Waals surface area contributed by atoms with Gasteiger partial charge in [-0.3, -0.25) is 9.80 Å². The second-order valence-corrected chi connectivity index (χ2v) is 8.04. The number of nitrogens with zero attached hydrogens (tertiary/aromatic N) is 3. The minimum atomic E-state index is -0.968. The van der Waals surface area contributed by atoms with E-state index in [0.29, 0.717) is 12.4 Å². The fourth-order valence-electron chi connectivity index (χ4n) is 4.40. The van der Waals surface area contributed by atoms with E-state index in [1.165, 1.54) is 12.0 Å². The van der Waals surface area contributed by atoms with Gasteiger partial charge in [-0.15, -0.1) is 0 Å². The Balaban J connectivity index is 1.95. The summed E-state index contributed by atoms with van der Waals surface area (Å²) in [4.78, 5) is 32.0. The van der Waals surface area contributed by atoms with E-state index < -0.39 is 24.1 Å². The van der Waals surface area contributed by atoms with Crippen LogP contribution in [0.4, 0.5) is 4.79 Å². The molecule has 0 aliphatic carbocycles. The molecule has 0 aromatic heterocycles. The van der Waals surface area contributed by atoms with Crippen molar-refractivity contribution in [1.29, 1.82) is 0 Å². The summed E-state index contributed by atoms with van der Waals surface area (Å²) in [5, 5.41) is 9.95. The maximum absolute atomic E-state index is 12.1. The van der Waals surface area contributed by atoms with Gasteiger partial charge < -0.3 is 14.6 Å². The molecular formula is C17H27N3O5. The van der Waals surface area contributed by atoms with Gasteiger partial charge in [0.05, 0.1) is 13.2 Å². The van der Waals surface area contributed by atoms with Crippen LogP contribution < -0.4 is 0 Å². The monoisotopic (exact) mass is 353 g/mol. The second kappa shape index (κ2) is 6.48. The van der Waals surface area contributed by atoms with Crippen molar-refractivity contribution in [2.75, 3.05) is 26.8 Å². The number of ether oxygens (including phenoxy) is 2. The third kappa shape index (κ3) is 3.19.